The molecule has 0 spiro atoms. The molecule has 2 rings (SSSR count). The lowest BCUT2D eigenvalue weighted by Crippen LogP contribution is -2.22. The third-order valence-corrected chi connectivity index (χ3v) is 5.03. The van der Waals surface area contributed by atoms with Crippen molar-refractivity contribution in [3.8, 4) is 6.07 Å². The van der Waals surface area contributed by atoms with Gasteiger partial charge in [-0.25, -0.2) is 13.1 Å². The van der Waals surface area contributed by atoms with Crippen molar-refractivity contribution in [2.45, 2.75) is 10.8 Å². The van der Waals surface area contributed by atoms with Crippen molar-refractivity contribution < 1.29 is 8.42 Å². The van der Waals surface area contributed by atoms with Crippen molar-refractivity contribution in [3.63, 3.8) is 0 Å². The molecule has 2 aromatic heterocycles. The monoisotopic (exact) mass is 279 g/mol. The molecule has 92 valence electrons. The van der Waals surface area contributed by atoms with Crippen LogP contribution in [0.15, 0.2) is 40.9 Å². The van der Waals surface area contributed by atoms with Crippen molar-refractivity contribution in [1.82, 2.24) is 9.71 Å². The summed E-state index contributed by atoms with van der Waals surface area (Å²) >= 11 is 0.948. The third-order valence-electron chi connectivity index (χ3n) is 2.15. The zero-order chi connectivity index (χ0) is 13.0. The standard InChI is InChI=1S/C11H9N3O2S2/c12-6-10-3-4-11(17-10)18(15,16)14-8-9-2-1-5-13-7-9/h1-5,7,14H,8H2. The van der Waals surface area contributed by atoms with Crippen LogP contribution in [0.3, 0.4) is 0 Å². The summed E-state index contributed by atoms with van der Waals surface area (Å²) in [5.74, 6) is 0. The van der Waals surface area contributed by atoms with E-state index < -0.39 is 10.0 Å². The molecule has 1 N–H and O–H groups in total. The molecule has 0 aromatic carbocycles. The maximum Gasteiger partial charge on any atom is 0.250 e. The average molecular weight is 279 g/mol. The highest BCUT2D eigenvalue weighted by Crippen LogP contribution is 2.20. The zero-order valence-corrected chi connectivity index (χ0v) is 10.8. The topological polar surface area (TPSA) is 82.8 Å². The summed E-state index contributed by atoms with van der Waals surface area (Å²) in [6.45, 7) is 0.177. The maximum absolute atomic E-state index is 11.9. The SMILES string of the molecule is N#Cc1ccc(S(=O)(=O)NCc2cccnc2)s1. The summed E-state index contributed by atoms with van der Waals surface area (Å²) in [7, 11) is -3.56. The van der Waals surface area contributed by atoms with E-state index in [1.165, 1.54) is 12.1 Å². The predicted octanol–water partition coefficient (Wildman–Crippen LogP) is 1.49. The Balaban J connectivity index is 2.11. The summed E-state index contributed by atoms with van der Waals surface area (Å²) in [5.41, 5.74) is 0.776. The predicted molar refractivity (Wildman–Crippen MR) is 67.3 cm³/mol. The average Bonchev–Trinajstić information content (AvgIpc) is 2.87. The number of rotatable bonds is 4. The molecule has 7 heteroatoms. The van der Waals surface area contributed by atoms with E-state index in [1.54, 1.807) is 24.5 Å². The van der Waals surface area contributed by atoms with E-state index in [2.05, 4.69) is 9.71 Å². The van der Waals surface area contributed by atoms with E-state index in [0.717, 1.165) is 16.9 Å². The second-order valence-corrected chi connectivity index (χ2v) is 6.49. The van der Waals surface area contributed by atoms with Crippen LogP contribution in [0.2, 0.25) is 0 Å². The molecule has 0 fully saturated rings. The molecular weight excluding hydrogens is 270 g/mol. The molecule has 0 amide bonds. The summed E-state index contributed by atoms with van der Waals surface area (Å²) < 4.78 is 26.4. The van der Waals surface area contributed by atoms with Crippen LogP contribution in [-0.2, 0) is 16.6 Å². The lowest BCUT2D eigenvalue weighted by molar-refractivity contribution is 0.583. The van der Waals surface area contributed by atoms with Crippen LogP contribution in [0.5, 0.6) is 0 Å². The second-order valence-electron chi connectivity index (χ2n) is 3.42. The van der Waals surface area contributed by atoms with E-state index >= 15 is 0 Å². The van der Waals surface area contributed by atoms with Crippen LogP contribution in [-0.4, -0.2) is 13.4 Å². The first-order valence-electron chi connectivity index (χ1n) is 5.00. The first-order chi connectivity index (χ1) is 8.62. The van der Waals surface area contributed by atoms with Gasteiger partial charge in [0, 0.05) is 18.9 Å². The Kier molecular flexibility index (Phi) is 3.72. The molecule has 2 heterocycles. The Labute approximate surface area is 109 Å². The van der Waals surface area contributed by atoms with Gasteiger partial charge in [-0.05, 0) is 23.8 Å². The minimum absolute atomic E-state index is 0.142. The molecule has 0 radical (unpaired) electrons. The Hall–Kier alpha value is -1.75. The Morgan fingerprint density at radius 3 is 2.83 bits per heavy atom. The molecule has 0 aliphatic carbocycles. The molecule has 2 aromatic rings. The normalized spacial score (nSPS) is 11.1. The fraction of sp³-hybridized carbons (Fsp3) is 0.0909. The van der Waals surface area contributed by atoms with Gasteiger partial charge in [-0.1, -0.05) is 6.07 Å². The number of nitrogens with zero attached hydrogens (tertiary/aromatic N) is 2. The van der Waals surface area contributed by atoms with E-state index in [1.807, 2.05) is 6.07 Å². The number of thiophene rings is 1. The maximum atomic E-state index is 11.9. The molecule has 5 nitrogen and oxygen atoms in total. The second kappa shape index (κ2) is 5.27. The van der Waals surface area contributed by atoms with Crippen molar-refractivity contribution in [2.24, 2.45) is 0 Å². The summed E-state index contributed by atoms with van der Waals surface area (Å²) in [6, 6.07) is 8.35. The fourth-order valence-corrected chi connectivity index (χ4v) is 3.44. The highest BCUT2D eigenvalue weighted by Gasteiger charge is 2.16. The molecule has 0 saturated carbocycles. The highest BCUT2D eigenvalue weighted by molar-refractivity contribution is 7.91. The van der Waals surface area contributed by atoms with Gasteiger partial charge in [0.25, 0.3) is 0 Å². The number of pyridine rings is 1. The first-order valence-corrected chi connectivity index (χ1v) is 7.30. The van der Waals surface area contributed by atoms with Gasteiger partial charge in [0.05, 0.1) is 0 Å². The largest absolute Gasteiger partial charge is 0.264 e. The number of hydrogen-bond donors (Lipinski definition) is 1. The van der Waals surface area contributed by atoms with Gasteiger partial charge in [0.1, 0.15) is 15.2 Å². The van der Waals surface area contributed by atoms with Gasteiger partial charge < -0.3 is 0 Å². The molecule has 0 saturated heterocycles. The molecule has 18 heavy (non-hydrogen) atoms. The smallest absolute Gasteiger partial charge is 0.250 e. The number of aromatic nitrogens is 1. The molecular formula is C11H9N3O2S2. The van der Waals surface area contributed by atoms with E-state index in [-0.39, 0.29) is 10.8 Å². The van der Waals surface area contributed by atoms with Crippen LogP contribution in [0.1, 0.15) is 10.4 Å². The van der Waals surface area contributed by atoms with Crippen LogP contribution in [0.25, 0.3) is 0 Å². The van der Waals surface area contributed by atoms with Crippen molar-refractivity contribution in [3.05, 3.63) is 47.1 Å². The fourth-order valence-electron chi connectivity index (χ4n) is 1.28. The van der Waals surface area contributed by atoms with E-state index in [0.29, 0.717) is 4.88 Å². The Bertz CT molecular complexity index is 672. The number of hydrogen-bond acceptors (Lipinski definition) is 5. The lowest BCUT2D eigenvalue weighted by Gasteiger charge is -2.03. The zero-order valence-electron chi connectivity index (χ0n) is 9.20. The number of sulfonamides is 1. The van der Waals surface area contributed by atoms with Gasteiger partial charge in [-0.15, -0.1) is 11.3 Å². The van der Waals surface area contributed by atoms with Gasteiger partial charge >= 0.3 is 0 Å². The molecule has 0 atom stereocenters. The van der Waals surface area contributed by atoms with Gasteiger partial charge in [-0.3, -0.25) is 4.98 Å². The lowest BCUT2D eigenvalue weighted by atomic mass is 10.3. The minimum Gasteiger partial charge on any atom is -0.264 e. The van der Waals surface area contributed by atoms with Crippen LogP contribution >= 0.6 is 11.3 Å². The summed E-state index contributed by atoms with van der Waals surface area (Å²) in [4.78, 5) is 4.27. The van der Waals surface area contributed by atoms with Crippen molar-refractivity contribution in [2.75, 3.05) is 0 Å². The molecule has 0 aliphatic heterocycles. The first kappa shape index (κ1) is 12.7. The highest BCUT2D eigenvalue weighted by atomic mass is 32.2. The van der Waals surface area contributed by atoms with E-state index in [9.17, 15) is 8.42 Å². The van der Waals surface area contributed by atoms with Crippen LogP contribution in [0.4, 0.5) is 0 Å². The van der Waals surface area contributed by atoms with Gasteiger partial charge in [0.15, 0.2) is 0 Å². The minimum atomic E-state index is -3.56. The van der Waals surface area contributed by atoms with Gasteiger partial charge in [0.2, 0.25) is 10.0 Å². The van der Waals surface area contributed by atoms with Crippen molar-refractivity contribution in [1.29, 1.82) is 5.26 Å². The summed E-state index contributed by atoms with van der Waals surface area (Å²) in [6.07, 6.45) is 3.22. The molecule has 0 aliphatic rings. The van der Waals surface area contributed by atoms with Gasteiger partial charge in [-0.2, -0.15) is 5.26 Å². The molecule has 0 bridgehead atoms. The summed E-state index contributed by atoms with van der Waals surface area (Å²) in [5, 5.41) is 8.66. The van der Waals surface area contributed by atoms with Crippen LogP contribution in [0, 0.1) is 11.3 Å². The number of nitrogens with one attached hydrogen (secondary N) is 1. The quantitative estimate of drug-likeness (QED) is 0.919. The number of nitriles is 1. The molecule has 0 unspecified atom stereocenters. The Morgan fingerprint density at radius 1 is 1.39 bits per heavy atom. The third kappa shape index (κ3) is 2.92. The van der Waals surface area contributed by atoms with Crippen LogP contribution < -0.4 is 4.72 Å². The van der Waals surface area contributed by atoms with Crippen molar-refractivity contribution >= 4 is 21.4 Å². The van der Waals surface area contributed by atoms with E-state index in [4.69, 9.17) is 5.26 Å². The Morgan fingerprint density at radius 2 is 2.22 bits per heavy atom.